The monoisotopic (exact) mass is 467 g/mol. The SMILES string of the molecule is CCOc1ccc(OCC(=O)N(CCCN(C)C)c2nc3c(F)cccc3s2)cc1.Cl. The largest absolute Gasteiger partial charge is 0.494 e. The van der Waals surface area contributed by atoms with E-state index in [1.54, 1.807) is 41.3 Å². The Labute approximate surface area is 192 Å². The van der Waals surface area contributed by atoms with Crippen LogP contribution >= 0.6 is 23.7 Å². The third-order valence-corrected chi connectivity index (χ3v) is 5.42. The molecule has 1 heterocycles. The number of ether oxygens (including phenoxy) is 2. The van der Waals surface area contributed by atoms with Crippen LogP contribution in [0.3, 0.4) is 0 Å². The molecule has 2 aromatic carbocycles. The van der Waals surface area contributed by atoms with Crippen LogP contribution in [0.15, 0.2) is 42.5 Å². The Hall–Kier alpha value is -2.42. The Morgan fingerprint density at radius 3 is 2.35 bits per heavy atom. The number of hydrogen-bond acceptors (Lipinski definition) is 6. The van der Waals surface area contributed by atoms with Gasteiger partial charge in [0.25, 0.3) is 5.91 Å². The van der Waals surface area contributed by atoms with Gasteiger partial charge in [-0.05, 0) is 70.4 Å². The molecular formula is C22H27ClFN3O3S. The molecule has 0 aliphatic carbocycles. The van der Waals surface area contributed by atoms with Crippen LogP contribution in [0, 0.1) is 5.82 Å². The second kappa shape index (κ2) is 11.8. The van der Waals surface area contributed by atoms with Gasteiger partial charge >= 0.3 is 0 Å². The number of rotatable bonds is 10. The smallest absolute Gasteiger partial charge is 0.266 e. The van der Waals surface area contributed by atoms with E-state index >= 15 is 0 Å². The first-order valence-corrected chi connectivity index (χ1v) is 10.7. The van der Waals surface area contributed by atoms with Gasteiger partial charge in [-0.25, -0.2) is 9.37 Å². The number of halogens is 2. The first-order valence-electron chi connectivity index (χ1n) is 9.83. The van der Waals surface area contributed by atoms with E-state index in [9.17, 15) is 9.18 Å². The van der Waals surface area contributed by atoms with Crippen LogP contribution in [0.5, 0.6) is 11.5 Å². The van der Waals surface area contributed by atoms with E-state index in [0.717, 1.165) is 18.7 Å². The maximum absolute atomic E-state index is 14.1. The quantitative estimate of drug-likeness (QED) is 0.435. The average Bonchev–Trinajstić information content (AvgIpc) is 3.16. The molecule has 31 heavy (non-hydrogen) atoms. The third-order valence-electron chi connectivity index (χ3n) is 4.37. The van der Waals surface area contributed by atoms with E-state index < -0.39 is 0 Å². The minimum absolute atomic E-state index is 0. The zero-order valence-electron chi connectivity index (χ0n) is 17.8. The highest BCUT2D eigenvalue weighted by atomic mass is 35.5. The third kappa shape index (κ3) is 6.78. The van der Waals surface area contributed by atoms with Gasteiger partial charge in [0, 0.05) is 6.54 Å². The molecule has 1 amide bonds. The summed E-state index contributed by atoms with van der Waals surface area (Å²) >= 11 is 1.30. The number of aromatic nitrogens is 1. The normalized spacial score (nSPS) is 10.7. The molecule has 0 unspecified atom stereocenters. The van der Waals surface area contributed by atoms with Crippen molar-refractivity contribution in [2.45, 2.75) is 13.3 Å². The predicted molar refractivity (Wildman–Crippen MR) is 125 cm³/mol. The summed E-state index contributed by atoms with van der Waals surface area (Å²) in [5.41, 5.74) is 0.287. The highest BCUT2D eigenvalue weighted by Crippen LogP contribution is 2.30. The molecule has 0 saturated carbocycles. The molecule has 0 fully saturated rings. The minimum atomic E-state index is -0.388. The maximum Gasteiger partial charge on any atom is 0.266 e. The fourth-order valence-corrected chi connectivity index (χ4v) is 3.94. The lowest BCUT2D eigenvalue weighted by Gasteiger charge is -2.21. The molecule has 0 aliphatic rings. The molecule has 0 radical (unpaired) electrons. The van der Waals surface area contributed by atoms with Crippen LogP contribution in [-0.2, 0) is 4.79 Å². The summed E-state index contributed by atoms with van der Waals surface area (Å²) in [5, 5.41) is 0.481. The van der Waals surface area contributed by atoms with Crippen molar-refractivity contribution in [3.63, 3.8) is 0 Å². The molecule has 9 heteroatoms. The molecule has 0 bridgehead atoms. The number of amides is 1. The van der Waals surface area contributed by atoms with E-state index in [1.807, 2.05) is 21.0 Å². The van der Waals surface area contributed by atoms with Gasteiger partial charge in [-0.15, -0.1) is 12.4 Å². The second-order valence-electron chi connectivity index (χ2n) is 6.98. The summed E-state index contributed by atoms with van der Waals surface area (Å²) in [6.07, 6.45) is 0.764. The Kier molecular flexibility index (Phi) is 9.48. The molecule has 1 aromatic heterocycles. The molecule has 168 valence electrons. The fourth-order valence-electron chi connectivity index (χ4n) is 2.91. The number of nitrogens with zero attached hydrogens (tertiary/aromatic N) is 3. The van der Waals surface area contributed by atoms with Gasteiger partial charge in [0.15, 0.2) is 11.7 Å². The lowest BCUT2D eigenvalue weighted by molar-refractivity contribution is -0.120. The number of benzene rings is 2. The molecule has 0 N–H and O–H groups in total. The fraction of sp³-hybridized carbons (Fsp3) is 0.364. The number of hydrogen-bond donors (Lipinski definition) is 0. The number of para-hydroxylation sites is 1. The van der Waals surface area contributed by atoms with Gasteiger partial charge in [-0.2, -0.15) is 0 Å². The summed E-state index contributed by atoms with van der Waals surface area (Å²) in [5.74, 6) is 0.719. The van der Waals surface area contributed by atoms with Crippen LogP contribution < -0.4 is 14.4 Å². The summed E-state index contributed by atoms with van der Waals surface area (Å²) in [6, 6.07) is 12.0. The van der Waals surface area contributed by atoms with Crippen molar-refractivity contribution in [3.05, 3.63) is 48.3 Å². The summed E-state index contributed by atoms with van der Waals surface area (Å²) < 4.78 is 25.9. The zero-order valence-corrected chi connectivity index (χ0v) is 19.5. The lowest BCUT2D eigenvalue weighted by atomic mass is 10.3. The van der Waals surface area contributed by atoms with E-state index in [2.05, 4.69) is 9.88 Å². The van der Waals surface area contributed by atoms with Crippen LogP contribution in [0.2, 0.25) is 0 Å². The topological polar surface area (TPSA) is 54.9 Å². The first kappa shape index (κ1) is 24.8. The maximum atomic E-state index is 14.1. The zero-order chi connectivity index (χ0) is 21.5. The van der Waals surface area contributed by atoms with Crippen molar-refractivity contribution in [1.82, 2.24) is 9.88 Å². The van der Waals surface area contributed by atoms with Crippen LogP contribution in [0.1, 0.15) is 13.3 Å². The highest BCUT2D eigenvalue weighted by molar-refractivity contribution is 7.22. The summed E-state index contributed by atoms with van der Waals surface area (Å²) in [6.45, 7) is 3.67. The molecular weight excluding hydrogens is 441 g/mol. The Balaban J connectivity index is 0.00000341. The van der Waals surface area contributed by atoms with Crippen LogP contribution in [0.25, 0.3) is 10.2 Å². The van der Waals surface area contributed by atoms with Gasteiger partial charge < -0.3 is 14.4 Å². The number of anilines is 1. The average molecular weight is 468 g/mol. The van der Waals surface area contributed by atoms with Gasteiger partial charge in [0.2, 0.25) is 0 Å². The first-order chi connectivity index (χ1) is 14.5. The van der Waals surface area contributed by atoms with E-state index in [0.29, 0.717) is 28.7 Å². The van der Waals surface area contributed by atoms with E-state index in [-0.39, 0.29) is 36.3 Å². The molecule has 0 saturated heterocycles. The molecule has 0 spiro atoms. The van der Waals surface area contributed by atoms with Crippen molar-refractivity contribution < 1.29 is 18.7 Å². The van der Waals surface area contributed by atoms with Crippen molar-refractivity contribution in [2.24, 2.45) is 0 Å². The van der Waals surface area contributed by atoms with Crippen molar-refractivity contribution in [1.29, 1.82) is 0 Å². The molecule has 0 atom stereocenters. The summed E-state index contributed by atoms with van der Waals surface area (Å²) in [4.78, 5) is 21.0. The minimum Gasteiger partial charge on any atom is -0.494 e. The Morgan fingerprint density at radius 1 is 1.06 bits per heavy atom. The van der Waals surface area contributed by atoms with Crippen molar-refractivity contribution in [2.75, 3.05) is 45.3 Å². The molecule has 0 aliphatic heterocycles. The van der Waals surface area contributed by atoms with Gasteiger partial charge in [-0.1, -0.05) is 17.4 Å². The highest BCUT2D eigenvalue weighted by Gasteiger charge is 2.21. The van der Waals surface area contributed by atoms with E-state index in [1.165, 1.54) is 17.4 Å². The Bertz CT molecular complexity index is 982. The molecule has 3 rings (SSSR count). The van der Waals surface area contributed by atoms with Gasteiger partial charge in [0.05, 0.1) is 11.3 Å². The number of thiazole rings is 1. The van der Waals surface area contributed by atoms with E-state index in [4.69, 9.17) is 9.47 Å². The number of carbonyl (C=O) groups excluding carboxylic acids is 1. The molecule has 6 nitrogen and oxygen atoms in total. The summed E-state index contributed by atoms with van der Waals surface area (Å²) in [7, 11) is 3.96. The second-order valence-corrected chi connectivity index (χ2v) is 7.99. The number of fused-ring (bicyclic) bond motifs is 1. The predicted octanol–water partition coefficient (Wildman–Crippen LogP) is 4.62. The van der Waals surface area contributed by atoms with Crippen LogP contribution in [0.4, 0.5) is 9.52 Å². The van der Waals surface area contributed by atoms with Gasteiger partial charge in [0.1, 0.15) is 22.8 Å². The van der Waals surface area contributed by atoms with Crippen molar-refractivity contribution in [3.8, 4) is 11.5 Å². The van der Waals surface area contributed by atoms with Crippen molar-refractivity contribution >= 4 is 45.0 Å². The standard InChI is InChI=1S/C22H26FN3O3S.ClH/c1-4-28-16-9-11-17(12-10-16)29-15-20(27)26(14-6-13-25(2)3)22-24-21-18(23)7-5-8-19(21)30-22;/h5,7-12H,4,6,13-15H2,1-3H3;1H. The lowest BCUT2D eigenvalue weighted by Crippen LogP contribution is -2.36. The van der Waals surface area contributed by atoms with Crippen LogP contribution in [-0.4, -0.2) is 56.2 Å². The van der Waals surface area contributed by atoms with Gasteiger partial charge in [-0.3, -0.25) is 9.69 Å². The molecule has 3 aromatic rings. The Morgan fingerprint density at radius 2 is 1.74 bits per heavy atom. The number of carbonyl (C=O) groups is 1.